The maximum absolute atomic E-state index is 12.7. The summed E-state index contributed by atoms with van der Waals surface area (Å²) in [7, 11) is -3.48. The molecule has 1 aromatic carbocycles. The van der Waals surface area contributed by atoms with Crippen LogP contribution in [0.3, 0.4) is 0 Å². The summed E-state index contributed by atoms with van der Waals surface area (Å²) in [6.07, 6.45) is 0.250. The molecule has 0 saturated carbocycles. The number of nitrogens with one attached hydrogen (secondary N) is 1. The highest BCUT2D eigenvalue weighted by molar-refractivity contribution is 7.89. The van der Waals surface area contributed by atoms with Crippen LogP contribution in [-0.4, -0.2) is 55.8 Å². The molecule has 6 nitrogen and oxygen atoms in total. The van der Waals surface area contributed by atoms with E-state index in [0.717, 1.165) is 18.7 Å². The van der Waals surface area contributed by atoms with E-state index in [9.17, 15) is 13.2 Å². The summed E-state index contributed by atoms with van der Waals surface area (Å²) in [5, 5.41) is 2.72. The predicted molar refractivity (Wildman–Crippen MR) is 84.2 cm³/mol. The van der Waals surface area contributed by atoms with E-state index in [1.165, 1.54) is 4.31 Å². The first-order chi connectivity index (χ1) is 10.4. The minimum Gasteiger partial charge on any atom is -0.326 e. The Morgan fingerprint density at radius 2 is 1.82 bits per heavy atom. The van der Waals surface area contributed by atoms with Crippen molar-refractivity contribution in [3.63, 3.8) is 0 Å². The van der Waals surface area contributed by atoms with Crippen molar-refractivity contribution >= 4 is 21.6 Å². The van der Waals surface area contributed by atoms with Gasteiger partial charge in [-0.2, -0.15) is 4.31 Å². The Morgan fingerprint density at radius 3 is 2.45 bits per heavy atom. The molecule has 0 aliphatic carbocycles. The molecule has 0 bridgehead atoms. The van der Waals surface area contributed by atoms with Crippen molar-refractivity contribution < 1.29 is 13.2 Å². The summed E-state index contributed by atoms with van der Waals surface area (Å²) in [6, 6.07) is 5.31. The van der Waals surface area contributed by atoms with E-state index in [0.29, 0.717) is 24.8 Å². The molecule has 0 unspecified atom stereocenters. The number of hydrogen-bond donors (Lipinski definition) is 1. The van der Waals surface area contributed by atoms with Gasteiger partial charge in [0.2, 0.25) is 15.9 Å². The van der Waals surface area contributed by atoms with Crippen molar-refractivity contribution in [3.05, 3.63) is 23.8 Å². The summed E-state index contributed by atoms with van der Waals surface area (Å²) >= 11 is 0. The van der Waals surface area contributed by atoms with Crippen molar-refractivity contribution in [1.82, 2.24) is 9.21 Å². The lowest BCUT2D eigenvalue weighted by molar-refractivity contribution is -0.115. The van der Waals surface area contributed by atoms with Crippen LogP contribution in [0.2, 0.25) is 0 Å². The lowest BCUT2D eigenvalue weighted by Crippen LogP contribution is -2.50. The van der Waals surface area contributed by atoms with E-state index in [4.69, 9.17) is 0 Å². The molecule has 1 N–H and O–H groups in total. The Kier molecular flexibility index (Phi) is 3.96. The van der Waals surface area contributed by atoms with Crippen molar-refractivity contribution in [2.24, 2.45) is 0 Å². The van der Waals surface area contributed by atoms with E-state index in [2.05, 4.69) is 24.1 Å². The summed E-state index contributed by atoms with van der Waals surface area (Å²) < 4.78 is 27.0. The van der Waals surface area contributed by atoms with Crippen molar-refractivity contribution in [1.29, 1.82) is 0 Å². The molecule has 1 fully saturated rings. The fraction of sp³-hybridized carbons (Fsp3) is 0.533. The number of hydrogen-bond acceptors (Lipinski definition) is 4. The predicted octanol–water partition coefficient (Wildman–Crippen LogP) is 0.896. The summed E-state index contributed by atoms with van der Waals surface area (Å²) in [5.74, 6) is -0.0879. The number of amides is 1. The zero-order chi connectivity index (χ0) is 15.9. The van der Waals surface area contributed by atoms with Gasteiger partial charge in [0.05, 0.1) is 11.3 Å². The number of carbonyl (C=O) groups is 1. The summed E-state index contributed by atoms with van der Waals surface area (Å²) in [4.78, 5) is 13.9. The molecule has 3 rings (SSSR count). The van der Waals surface area contributed by atoms with Gasteiger partial charge in [0.25, 0.3) is 0 Å². The number of anilines is 1. The molecule has 1 saturated heterocycles. The van der Waals surface area contributed by atoms with Gasteiger partial charge in [-0.3, -0.25) is 9.69 Å². The monoisotopic (exact) mass is 323 g/mol. The number of nitrogens with zero attached hydrogens (tertiary/aromatic N) is 2. The molecule has 7 heteroatoms. The van der Waals surface area contributed by atoms with E-state index in [-0.39, 0.29) is 17.2 Å². The van der Waals surface area contributed by atoms with Gasteiger partial charge in [0.1, 0.15) is 0 Å². The third-order valence-corrected chi connectivity index (χ3v) is 6.24. The molecule has 0 radical (unpaired) electrons. The first kappa shape index (κ1) is 15.5. The molecular formula is C15H21N3O3S. The van der Waals surface area contributed by atoms with Crippen molar-refractivity contribution in [2.75, 3.05) is 31.5 Å². The normalized spacial score (nSPS) is 20.2. The summed E-state index contributed by atoms with van der Waals surface area (Å²) in [6.45, 7) is 6.76. The maximum Gasteiger partial charge on any atom is 0.243 e. The minimum absolute atomic E-state index is 0.0879. The highest BCUT2D eigenvalue weighted by atomic mass is 32.2. The number of piperazine rings is 1. The van der Waals surface area contributed by atoms with Crippen LogP contribution < -0.4 is 5.32 Å². The fourth-order valence-electron chi connectivity index (χ4n) is 2.98. The Hall–Kier alpha value is -1.44. The van der Waals surface area contributed by atoms with E-state index < -0.39 is 10.0 Å². The average molecular weight is 323 g/mol. The zero-order valence-corrected chi connectivity index (χ0v) is 13.7. The SMILES string of the molecule is CC(C)N1CCN(S(=O)(=O)c2ccc3c(c2)CC(=O)N3)CC1. The van der Waals surface area contributed by atoms with Crippen molar-refractivity contribution in [3.8, 4) is 0 Å². The van der Waals surface area contributed by atoms with Gasteiger partial charge in [-0.05, 0) is 37.6 Å². The Labute approximate surface area is 131 Å². The minimum atomic E-state index is -3.48. The van der Waals surface area contributed by atoms with E-state index in [1.54, 1.807) is 18.2 Å². The molecular weight excluding hydrogens is 302 g/mol. The lowest BCUT2D eigenvalue weighted by Gasteiger charge is -2.36. The zero-order valence-electron chi connectivity index (χ0n) is 12.9. The van der Waals surface area contributed by atoms with Crippen LogP contribution in [0.4, 0.5) is 5.69 Å². The van der Waals surface area contributed by atoms with Gasteiger partial charge in [0, 0.05) is 37.9 Å². The molecule has 2 aliphatic heterocycles. The van der Waals surface area contributed by atoms with Crippen LogP contribution in [-0.2, 0) is 21.2 Å². The fourth-order valence-corrected chi connectivity index (χ4v) is 4.45. The number of sulfonamides is 1. The Morgan fingerprint density at radius 1 is 1.14 bits per heavy atom. The molecule has 0 atom stereocenters. The number of carbonyl (C=O) groups excluding carboxylic acids is 1. The Bertz CT molecular complexity index is 692. The third kappa shape index (κ3) is 2.76. The topological polar surface area (TPSA) is 69.7 Å². The van der Waals surface area contributed by atoms with Gasteiger partial charge < -0.3 is 5.32 Å². The number of fused-ring (bicyclic) bond motifs is 1. The van der Waals surface area contributed by atoms with Crippen LogP contribution in [0.25, 0.3) is 0 Å². The van der Waals surface area contributed by atoms with Gasteiger partial charge in [0.15, 0.2) is 0 Å². The summed E-state index contributed by atoms with van der Waals surface area (Å²) in [5.41, 5.74) is 1.47. The van der Waals surface area contributed by atoms with E-state index >= 15 is 0 Å². The van der Waals surface area contributed by atoms with Gasteiger partial charge in [-0.15, -0.1) is 0 Å². The largest absolute Gasteiger partial charge is 0.326 e. The molecule has 1 aromatic rings. The molecule has 0 spiro atoms. The highest BCUT2D eigenvalue weighted by Gasteiger charge is 2.30. The van der Waals surface area contributed by atoms with Gasteiger partial charge in [-0.1, -0.05) is 0 Å². The smallest absolute Gasteiger partial charge is 0.243 e. The molecule has 2 heterocycles. The van der Waals surface area contributed by atoms with Gasteiger partial charge >= 0.3 is 0 Å². The van der Waals surface area contributed by atoms with Crippen LogP contribution >= 0.6 is 0 Å². The van der Waals surface area contributed by atoms with E-state index in [1.807, 2.05) is 0 Å². The second-order valence-electron chi connectivity index (χ2n) is 6.08. The highest BCUT2D eigenvalue weighted by Crippen LogP contribution is 2.27. The second-order valence-corrected chi connectivity index (χ2v) is 8.02. The number of benzene rings is 1. The lowest BCUT2D eigenvalue weighted by atomic mass is 10.2. The molecule has 2 aliphatic rings. The van der Waals surface area contributed by atoms with Crippen molar-refractivity contribution in [2.45, 2.75) is 31.2 Å². The van der Waals surface area contributed by atoms with Crippen LogP contribution in [0.5, 0.6) is 0 Å². The van der Waals surface area contributed by atoms with Crippen LogP contribution in [0.15, 0.2) is 23.1 Å². The second kappa shape index (κ2) is 5.64. The van der Waals surface area contributed by atoms with Crippen LogP contribution in [0.1, 0.15) is 19.4 Å². The van der Waals surface area contributed by atoms with Crippen LogP contribution in [0, 0.1) is 0 Å². The molecule has 0 aromatic heterocycles. The molecule has 1 amide bonds. The molecule has 22 heavy (non-hydrogen) atoms. The number of rotatable bonds is 3. The third-order valence-electron chi connectivity index (χ3n) is 4.34. The quantitative estimate of drug-likeness (QED) is 0.897. The first-order valence-electron chi connectivity index (χ1n) is 7.55. The Balaban J connectivity index is 1.80. The molecule has 120 valence electrons. The standard InChI is InChI=1S/C15H21N3O3S/c1-11(2)17-5-7-18(8-6-17)22(20,21)13-3-4-14-12(9-13)10-15(19)16-14/h3-4,9,11H,5-8,10H2,1-2H3,(H,16,19). The first-order valence-corrected chi connectivity index (χ1v) is 8.99. The average Bonchev–Trinajstić information content (AvgIpc) is 2.86. The van der Waals surface area contributed by atoms with Gasteiger partial charge in [-0.25, -0.2) is 8.42 Å². The maximum atomic E-state index is 12.7.